The van der Waals surface area contributed by atoms with E-state index in [9.17, 15) is 24.0 Å². The van der Waals surface area contributed by atoms with Gasteiger partial charge in [0.25, 0.3) is 0 Å². The van der Waals surface area contributed by atoms with Crippen LogP contribution in [0.4, 0.5) is 0 Å². The summed E-state index contributed by atoms with van der Waals surface area (Å²) in [6, 6.07) is -2.67. The first-order valence-corrected chi connectivity index (χ1v) is 18.9. The number of nitrogens with one attached hydrogen (secondary N) is 8. The molecule has 312 valence electrons. The van der Waals surface area contributed by atoms with Crippen LogP contribution in [-0.4, -0.2) is 142 Å². The van der Waals surface area contributed by atoms with Crippen molar-refractivity contribution in [2.45, 2.75) is 86.7 Å². The van der Waals surface area contributed by atoms with Crippen molar-refractivity contribution < 1.29 is 44.4 Å². The standard InChI is InChI=1S/C14H20N6O4S2.C9H13N3O3S.C7H11N3O2.2CH4/c1-15-9(13(21)22)3-7-11(19-5-17-7)25-26-12-8(18-6-20-12)4-10(16-2)14(23)24;1-5(13)16-8-6(11-4-12-8)3-7(10-2)9(14)15;1-8-6(7(11)12)2-5-3-9-4-10-5;;/h5-6,9-10,15-16H,3-4H2,1-2H3,(H,17,19)(H,18,20)(H,21,22)(H,23,24);4,7,10H,3H2,1-2H3,(H,11,12)(H,14,15);3-4,6,8H,2H2,1H3,(H,9,10)(H,11,12);2*1H4/t9-,10?;7-;6-;;/m000../s1. The molecule has 4 rings (SSSR count). The number of likely N-dealkylation sites (N-methyl/N-ethyl adjacent to an activating group) is 4. The Balaban J connectivity index is 0.000000865. The fourth-order valence-corrected chi connectivity index (χ4v) is 7.10. The summed E-state index contributed by atoms with van der Waals surface area (Å²) < 4.78 is 0. The van der Waals surface area contributed by atoms with Crippen molar-refractivity contribution in [3.05, 3.63) is 54.3 Å². The first kappa shape index (κ1) is 51.3. The van der Waals surface area contributed by atoms with Gasteiger partial charge in [-0.1, -0.05) is 14.9 Å². The van der Waals surface area contributed by atoms with Gasteiger partial charge in [-0.3, -0.25) is 24.0 Å². The number of aliphatic carboxylic acids is 4. The molecule has 0 spiro atoms. The molecule has 4 heterocycles. The first-order chi connectivity index (χ1) is 25.7. The van der Waals surface area contributed by atoms with Crippen molar-refractivity contribution in [2.24, 2.45) is 0 Å². The molecule has 21 nitrogen and oxygen atoms in total. The van der Waals surface area contributed by atoms with Gasteiger partial charge in [0.05, 0.1) is 42.4 Å². The van der Waals surface area contributed by atoms with Crippen LogP contribution in [0.25, 0.3) is 0 Å². The van der Waals surface area contributed by atoms with E-state index >= 15 is 0 Å². The quantitative estimate of drug-likeness (QED) is 0.0443. The van der Waals surface area contributed by atoms with Crippen LogP contribution < -0.4 is 21.3 Å². The van der Waals surface area contributed by atoms with Gasteiger partial charge >= 0.3 is 23.9 Å². The highest BCUT2D eigenvalue weighted by Gasteiger charge is 2.22. The molecule has 0 radical (unpaired) electrons. The van der Waals surface area contributed by atoms with E-state index in [4.69, 9.17) is 20.4 Å². The zero-order valence-electron chi connectivity index (χ0n) is 29.9. The van der Waals surface area contributed by atoms with Gasteiger partial charge in [-0.15, -0.1) is 0 Å². The van der Waals surface area contributed by atoms with Gasteiger partial charge in [-0.2, -0.15) is 0 Å². The van der Waals surface area contributed by atoms with E-state index in [1.54, 1.807) is 34.4 Å². The van der Waals surface area contributed by atoms with Crippen molar-refractivity contribution in [1.29, 1.82) is 0 Å². The van der Waals surface area contributed by atoms with Crippen molar-refractivity contribution >= 4 is 62.3 Å². The second kappa shape index (κ2) is 27.0. The number of thioether (sulfide) groups is 1. The third kappa shape index (κ3) is 17.4. The Labute approximate surface area is 336 Å². The average molecular weight is 845 g/mol. The smallest absolute Gasteiger partial charge is 0.321 e. The molecule has 12 N–H and O–H groups in total. The minimum absolute atomic E-state index is 0. The maximum Gasteiger partial charge on any atom is 0.321 e. The van der Waals surface area contributed by atoms with Crippen LogP contribution in [0.1, 0.15) is 44.6 Å². The number of hydrogen-bond donors (Lipinski definition) is 12. The lowest BCUT2D eigenvalue weighted by Gasteiger charge is -2.11. The van der Waals surface area contributed by atoms with E-state index in [0.717, 1.165) is 17.5 Å². The Bertz CT molecular complexity index is 1710. The number of carboxylic acids is 4. The fourth-order valence-electron chi connectivity index (χ4n) is 4.29. The highest BCUT2D eigenvalue weighted by atomic mass is 33.1. The lowest BCUT2D eigenvalue weighted by Crippen LogP contribution is -2.36. The molecule has 0 saturated heterocycles. The number of imidazole rings is 4. The van der Waals surface area contributed by atoms with Crippen LogP contribution in [0.2, 0.25) is 0 Å². The number of nitrogens with zero attached hydrogens (tertiary/aromatic N) is 4. The number of H-pyrrole nitrogens is 4. The zero-order chi connectivity index (χ0) is 40.2. The Morgan fingerprint density at radius 2 is 0.911 bits per heavy atom. The third-order valence-electron chi connectivity index (χ3n) is 7.27. The van der Waals surface area contributed by atoms with Crippen LogP contribution >= 0.6 is 33.3 Å². The number of hydrogen-bond acceptors (Lipinski definition) is 16. The van der Waals surface area contributed by atoms with E-state index in [-0.39, 0.29) is 39.2 Å². The number of carbonyl (C=O) groups excluding carboxylic acids is 1. The fraction of sp³-hybridized carbons (Fsp3) is 0.469. The molecule has 0 aromatic carbocycles. The SMILES string of the molecule is C.C.CNC(Cc1[nH]cnc1SSc1nc[nH]c1C[C@H](NC)C(=O)O)C(=O)O.CN[C@@H](Cc1[nH]cnc1SC(C)=O)C(=O)O.CN[C@@H](Cc1cnc[nH]1)C(=O)O. The average Bonchev–Trinajstić information content (AvgIpc) is 3.96. The number of aromatic nitrogens is 8. The molecule has 0 aliphatic carbocycles. The number of rotatable bonds is 20. The molecule has 1 unspecified atom stereocenters. The van der Waals surface area contributed by atoms with Crippen LogP contribution in [0.5, 0.6) is 0 Å². The summed E-state index contributed by atoms with van der Waals surface area (Å²) in [5, 5.41) is 48.5. The Kier molecular flexibility index (Phi) is 24.7. The Morgan fingerprint density at radius 3 is 1.21 bits per heavy atom. The molecule has 0 fully saturated rings. The highest BCUT2D eigenvalue weighted by Crippen LogP contribution is 2.38. The van der Waals surface area contributed by atoms with Gasteiger partial charge in [0.1, 0.15) is 39.2 Å². The van der Waals surface area contributed by atoms with Crippen LogP contribution in [0.15, 0.2) is 46.6 Å². The molecule has 0 aliphatic rings. The van der Waals surface area contributed by atoms with E-state index < -0.39 is 48.0 Å². The van der Waals surface area contributed by atoms with Crippen molar-refractivity contribution in [3.63, 3.8) is 0 Å². The molecule has 0 aliphatic heterocycles. The predicted molar refractivity (Wildman–Crippen MR) is 213 cm³/mol. The lowest BCUT2D eigenvalue weighted by molar-refractivity contribution is -0.140. The van der Waals surface area contributed by atoms with Gasteiger partial charge in [-0.25, -0.2) is 19.9 Å². The number of carbonyl (C=O) groups is 5. The van der Waals surface area contributed by atoms with E-state index in [1.807, 2.05) is 0 Å². The van der Waals surface area contributed by atoms with E-state index in [1.165, 1.54) is 53.8 Å². The van der Waals surface area contributed by atoms with Crippen molar-refractivity contribution in [2.75, 3.05) is 28.2 Å². The topological polar surface area (TPSA) is 329 Å². The summed E-state index contributed by atoms with van der Waals surface area (Å²) >= 11 is 0.994. The molecule has 0 amide bonds. The maximum absolute atomic E-state index is 11.2. The van der Waals surface area contributed by atoms with Gasteiger partial charge in [0.15, 0.2) is 5.12 Å². The van der Waals surface area contributed by atoms with Crippen molar-refractivity contribution in [1.82, 2.24) is 61.1 Å². The lowest BCUT2D eigenvalue weighted by atomic mass is 10.2. The minimum atomic E-state index is -0.938. The van der Waals surface area contributed by atoms with Crippen LogP contribution in [-0.2, 0) is 49.7 Å². The summed E-state index contributed by atoms with van der Waals surface area (Å²) in [6.45, 7) is 1.44. The van der Waals surface area contributed by atoms with Gasteiger partial charge in [0, 0.05) is 44.5 Å². The summed E-state index contributed by atoms with van der Waals surface area (Å²) in [6.07, 6.45) is 8.85. The monoisotopic (exact) mass is 844 g/mol. The summed E-state index contributed by atoms with van der Waals surface area (Å²) in [7, 11) is 9.05. The van der Waals surface area contributed by atoms with Crippen LogP contribution in [0.3, 0.4) is 0 Å². The summed E-state index contributed by atoms with van der Waals surface area (Å²) in [5.74, 6) is -3.66. The molecule has 4 aromatic rings. The van der Waals surface area contributed by atoms with Gasteiger partial charge in [0.2, 0.25) is 0 Å². The van der Waals surface area contributed by atoms with E-state index in [2.05, 4.69) is 61.1 Å². The molecular formula is C32H52N12O9S3. The Hall–Kier alpha value is -4.72. The molecule has 4 atom stereocenters. The number of aromatic amines is 4. The minimum Gasteiger partial charge on any atom is -0.480 e. The molecule has 56 heavy (non-hydrogen) atoms. The Morgan fingerprint density at radius 1 is 0.571 bits per heavy atom. The summed E-state index contributed by atoms with van der Waals surface area (Å²) in [5.41, 5.74) is 2.89. The second-order valence-electron chi connectivity index (χ2n) is 10.9. The molecule has 0 saturated carbocycles. The predicted octanol–water partition coefficient (Wildman–Crippen LogP) is 1.52. The van der Waals surface area contributed by atoms with Crippen LogP contribution in [0, 0.1) is 0 Å². The maximum atomic E-state index is 11.2. The van der Waals surface area contributed by atoms with E-state index in [0.29, 0.717) is 38.6 Å². The number of carboxylic acid groups (broad SMARTS) is 4. The van der Waals surface area contributed by atoms with Crippen molar-refractivity contribution in [3.8, 4) is 0 Å². The molecular weight excluding hydrogens is 793 g/mol. The van der Waals surface area contributed by atoms with Gasteiger partial charge in [-0.05, 0) is 61.5 Å². The third-order valence-corrected chi connectivity index (χ3v) is 10.4. The highest BCUT2D eigenvalue weighted by molar-refractivity contribution is 8.76. The summed E-state index contributed by atoms with van der Waals surface area (Å²) in [4.78, 5) is 82.5. The second-order valence-corrected chi connectivity index (χ2v) is 14.2. The first-order valence-electron chi connectivity index (χ1n) is 15.9. The molecule has 24 heteroatoms. The van der Waals surface area contributed by atoms with Gasteiger partial charge < -0.3 is 61.6 Å². The molecule has 0 bridgehead atoms. The zero-order valence-corrected chi connectivity index (χ0v) is 32.3. The largest absolute Gasteiger partial charge is 0.480 e. The molecule has 4 aromatic heterocycles. The normalized spacial score (nSPS) is 12.5.